The second kappa shape index (κ2) is 5.56. The molecule has 100 valence electrons. The topological polar surface area (TPSA) is 77.8 Å². The third kappa shape index (κ3) is 3.13. The van der Waals surface area contributed by atoms with E-state index < -0.39 is 12.0 Å². The fourth-order valence-corrected chi connectivity index (χ4v) is 2.14. The van der Waals surface area contributed by atoms with Gasteiger partial charge in [-0.1, -0.05) is 12.1 Å². The standard InChI is InChI=1S/C14H15NO4/c16-11-6-3-10(4-7-11)5-8-13(17)15-9-1-2-12(15)14(18)19/h3-8,12,16H,1-2,9H2,(H,18,19)/t12-/m1/s1. The minimum absolute atomic E-state index is 0.161. The summed E-state index contributed by atoms with van der Waals surface area (Å²) in [6.45, 7) is 0.482. The molecule has 2 rings (SSSR count). The minimum Gasteiger partial charge on any atom is -0.508 e. The first-order chi connectivity index (χ1) is 9.08. The van der Waals surface area contributed by atoms with Gasteiger partial charge >= 0.3 is 5.97 Å². The van der Waals surface area contributed by atoms with Crippen LogP contribution in [0.3, 0.4) is 0 Å². The Hall–Kier alpha value is -2.30. The van der Waals surface area contributed by atoms with E-state index in [1.54, 1.807) is 18.2 Å². The summed E-state index contributed by atoms with van der Waals surface area (Å²) in [5.74, 6) is -1.09. The second-order valence-electron chi connectivity index (χ2n) is 4.45. The summed E-state index contributed by atoms with van der Waals surface area (Å²) in [6, 6.07) is 5.70. The number of phenols is 1. The first-order valence-electron chi connectivity index (χ1n) is 6.08. The molecule has 2 N–H and O–H groups in total. The number of phenolic OH excluding ortho intramolecular Hbond substituents is 1. The van der Waals surface area contributed by atoms with E-state index >= 15 is 0 Å². The van der Waals surface area contributed by atoms with Crippen molar-refractivity contribution in [3.05, 3.63) is 35.9 Å². The van der Waals surface area contributed by atoms with Crippen molar-refractivity contribution in [2.24, 2.45) is 0 Å². The van der Waals surface area contributed by atoms with E-state index in [0.29, 0.717) is 13.0 Å². The van der Waals surface area contributed by atoms with E-state index in [4.69, 9.17) is 10.2 Å². The monoisotopic (exact) mass is 261 g/mol. The van der Waals surface area contributed by atoms with Gasteiger partial charge in [0.1, 0.15) is 11.8 Å². The van der Waals surface area contributed by atoms with Crippen LogP contribution in [0.4, 0.5) is 0 Å². The number of hydrogen-bond acceptors (Lipinski definition) is 3. The Kier molecular flexibility index (Phi) is 3.85. The fourth-order valence-electron chi connectivity index (χ4n) is 2.14. The number of rotatable bonds is 3. The number of hydrogen-bond donors (Lipinski definition) is 2. The Bertz CT molecular complexity index is 507. The highest BCUT2D eigenvalue weighted by atomic mass is 16.4. The van der Waals surface area contributed by atoms with Gasteiger partial charge < -0.3 is 15.1 Å². The van der Waals surface area contributed by atoms with Crippen LogP contribution in [0.15, 0.2) is 30.3 Å². The quantitative estimate of drug-likeness (QED) is 0.808. The van der Waals surface area contributed by atoms with E-state index in [-0.39, 0.29) is 11.7 Å². The first-order valence-corrected chi connectivity index (χ1v) is 6.08. The maximum absolute atomic E-state index is 11.9. The summed E-state index contributed by atoms with van der Waals surface area (Å²) in [5, 5.41) is 18.1. The number of benzene rings is 1. The summed E-state index contributed by atoms with van der Waals surface area (Å²) in [7, 11) is 0. The van der Waals surface area contributed by atoms with Gasteiger partial charge in [-0.2, -0.15) is 0 Å². The lowest BCUT2D eigenvalue weighted by Gasteiger charge is -2.19. The van der Waals surface area contributed by atoms with Crippen molar-refractivity contribution >= 4 is 18.0 Å². The lowest BCUT2D eigenvalue weighted by Crippen LogP contribution is -2.39. The molecule has 5 nitrogen and oxygen atoms in total. The Morgan fingerprint density at radius 2 is 1.95 bits per heavy atom. The molecule has 1 saturated heterocycles. The fraction of sp³-hybridized carbons (Fsp3) is 0.286. The van der Waals surface area contributed by atoms with Crippen LogP contribution < -0.4 is 0 Å². The number of nitrogens with zero attached hydrogens (tertiary/aromatic N) is 1. The molecule has 1 aromatic carbocycles. The van der Waals surface area contributed by atoms with Crippen LogP contribution in [0.5, 0.6) is 5.75 Å². The van der Waals surface area contributed by atoms with Crippen LogP contribution in [0.1, 0.15) is 18.4 Å². The lowest BCUT2D eigenvalue weighted by molar-refractivity contribution is -0.146. The van der Waals surface area contributed by atoms with Crippen LogP contribution in [0, 0.1) is 0 Å². The van der Waals surface area contributed by atoms with E-state index in [9.17, 15) is 9.59 Å². The van der Waals surface area contributed by atoms with Gasteiger partial charge in [0.05, 0.1) is 0 Å². The zero-order valence-corrected chi connectivity index (χ0v) is 10.3. The van der Waals surface area contributed by atoms with Gasteiger partial charge in [-0.3, -0.25) is 4.79 Å². The molecular formula is C14H15NO4. The molecule has 0 aliphatic carbocycles. The van der Waals surface area contributed by atoms with Gasteiger partial charge in [0.15, 0.2) is 0 Å². The number of carboxylic acids is 1. The zero-order valence-electron chi connectivity index (χ0n) is 10.3. The molecular weight excluding hydrogens is 246 g/mol. The number of carbonyl (C=O) groups excluding carboxylic acids is 1. The van der Waals surface area contributed by atoms with Crippen molar-refractivity contribution < 1.29 is 19.8 Å². The largest absolute Gasteiger partial charge is 0.508 e. The van der Waals surface area contributed by atoms with Crippen LogP contribution in [0.2, 0.25) is 0 Å². The van der Waals surface area contributed by atoms with Gasteiger partial charge in [-0.25, -0.2) is 4.79 Å². The molecule has 19 heavy (non-hydrogen) atoms. The van der Waals surface area contributed by atoms with E-state index in [1.165, 1.54) is 23.1 Å². The molecule has 1 aliphatic rings. The molecule has 0 unspecified atom stereocenters. The molecule has 0 aromatic heterocycles. The summed E-state index contributed by atoms with van der Waals surface area (Å²) in [4.78, 5) is 24.3. The van der Waals surface area contributed by atoms with E-state index in [0.717, 1.165) is 12.0 Å². The highest BCUT2D eigenvalue weighted by Gasteiger charge is 2.32. The summed E-state index contributed by atoms with van der Waals surface area (Å²) >= 11 is 0. The normalized spacial score (nSPS) is 18.9. The average Bonchev–Trinajstić information content (AvgIpc) is 2.87. The molecule has 1 aliphatic heterocycles. The van der Waals surface area contributed by atoms with E-state index in [2.05, 4.69) is 0 Å². The summed E-state index contributed by atoms with van der Waals surface area (Å²) < 4.78 is 0. The Morgan fingerprint density at radius 3 is 2.58 bits per heavy atom. The van der Waals surface area contributed by atoms with E-state index in [1.807, 2.05) is 0 Å². The van der Waals surface area contributed by atoms with Crippen molar-refractivity contribution in [2.75, 3.05) is 6.54 Å². The number of aliphatic carboxylic acids is 1. The average molecular weight is 261 g/mol. The molecule has 0 radical (unpaired) electrons. The third-order valence-corrected chi connectivity index (χ3v) is 3.13. The molecule has 1 amide bonds. The molecule has 1 atom stereocenters. The zero-order chi connectivity index (χ0) is 13.8. The predicted molar refractivity (Wildman–Crippen MR) is 69.5 cm³/mol. The van der Waals surface area contributed by atoms with Gasteiger partial charge in [0, 0.05) is 12.6 Å². The van der Waals surface area contributed by atoms with Crippen molar-refractivity contribution in [3.8, 4) is 5.75 Å². The lowest BCUT2D eigenvalue weighted by atomic mass is 10.2. The molecule has 1 heterocycles. The van der Waals surface area contributed by atoms with Gasteiger partial charge in [-0.05, 0) is 36.6 Å². The number of likely N-dealkylation sites (tertiary alicyclic amines) is 1. The molecule has 0 bridgehead atoms. The predicted octanol–water partition coefficient (Wildman–Crippen LogP) is 1.48. The number of carboxylic acid groups (broad SMARTS) is 1. The SMILES string of the molecule is O=C(O)[C@H]1CCCN1C(=O)C=Cc1ccc(O)cc1. The summed E-state index contributed by atoms with van der Waals surface area (Å²) in [5.41, 5.74) is 0.775. The highest BCUT2D eigenvalue weighted by molar-refractivity contribution is 5.94. The molecule has 1 fully saturated rings. The van der Waals surface area contributed by atoms with Crippen LogP contribution in [0.25, 0.3) is 6.08 Å². The summed E-state index contributed by atoms with van der Waals surface area (Å²) in [6.07, 6.45) is 4.20. The van der Waals surface area contributed by atoms with Crippen LogP contribution in [-0.4, -0.2) is 39.6 Å². The van der Waals surface area contributed by atoms with Gasteiger partial charge in [0.25, 0.3) is 0 Å². The first kappa shape index (κ1) is 13.1. The maximum Gasteiger partial charge on any atom is 0.326 e. The van der Waals surface area contributed by atoms with Gasteiger partial charge in [0.2, 0.25) is 5.91 Å². The van der Waals surface area contributed by atoms with Gasteiger partial charge in [-0.15, -0.1) is 0 Å². The molecule has 5 heteroatoms. The Balaban J connectivity index is 2.04. The Morgan fingerprint density at radius 1 is 1.26 bits per heavy atom. The number of carbonyl (C=O) groups is 2. The smallest absolute Gasteiger partial charge is 0.326 e. The molecule has 0 saturated carbocycles. The number of aromatic hydroxyl groups is 1. The third-order valence-electron chi connectivity index (χ3n) is 3.13. The minimum atomic E-state index is -0.955. The number of amides is 1. The van der Waals surface area contributed by atoms with Crippen molar-refractivity contribution in [3.63, 3.8) is 0 Å². The van der Waals surface area contributed by atoms with Crippen LogP contribution in [-0.2, 0) is 9.59 Å². The highest BCUT2D eigenvalue weighted by Crippen LogP contribution is 2.18. The van der Waals surface area contributed by atoms with Crippen LogP contribution >= 0.6 is 0 Å². The molecule has 0 spiro atoms. The van der Waals surface area contributed by atoms with Crippen molar-refractivity contribution in [1.82, 2.24) is 4.90 Å². The van der Waals surface area contributed by atoms with Crippen molar-refractivity contribution in [1.29, 1.82) is 0 Å². The molecule has 1 aromatic rings. The Labute approximate surface area is 110 Å². The second-order valence-corrected chi connectivity index (χ2v) is 4.45. The maximum atomic E-state index is 11.9. The van der Waals surface area contributed by atoms with Crippen molar-refractivity contribution in [2.45, 2.75) is 18.9 Å².